The van der Waals surface area contributed by atoms with E-state index in [1.54, 1.807) is 11.3 Å². The van der Waals surface area contributed by atoms with Crippen molar-refractivity contribution >= 4 is 28.6 Å². The van der Waals surface area contributed by atoms with Crippen molar-refractivity contribution in [3.8, 4) is 0 Å². The molecule has 0 aliphatic carbocycles. The van der Waals surface area contributed by atoms with Crippen LogP contribution >= 0.6 is 22.7 Å². The third kappa shape index (κ3) is 2.94. The highest BCUT2D eigenvalue weighted by Crippen LogP contribution is 2.21. The van der Waals surface area contributed by atoms with Gasteiger partial charge in [-0.2, -0.15) is 0 Å². The first-order valence-corrected chi connectivity index (χ1v) is 7.07. The Morgan fingerprint density at radius 1 is 1.24 bits per heavy atom. The maximum Gasteiger partial charge on any atom is 0.242 e. The average molecular weight is 266 g/mol. The first-order chi connectivity index (χ1) is 8.18. The summed E-state index contributed by atoms with van der Waals surface area (Å²) in [6.45, 7) is 1.96. The maximum absolute atomic E-state index is 11.9. The average Bonchev–Trinajstić information content (AvgIpc) is 3.00. The van der Waals surface area contributed by atoms with Gasteiger partial charge in [-0.15, -0.1) is 22.7 Å². The fraction of sp³-hybridized carbons (Fsp3) is 0.250. The lowest BCUT2D eigenvalue weighted by Crippen LogP contribution is -2.35. The maximum atomic E-state index is 11.9. The molecule has 3 nitrogen and oxygen atoms in total. The third-order valence-electron chi connectivity index (χ3n) is 2.46. The Bertz CT molecular complexity index is 465. The molecule has 2 heterocycles. The summed E-state index contributed by atoms with van der Waals surface area (Å²) in [5, 5.41) is 6.84. The molecule has 0 saturated carbocycles. The minimum absolute atomic E-state index is 0.00788. The first kappa shape index (κ1) is 12.3. The van der Waals surface area contributed by atoms with E-state index < -0.39 is 6.04 Å². The molecule has 3 N–H and O–H groups in total. The number of carbonyl (C=O) groups is 1. The first-order valence-electron chi connectivity index (χ1n) is 5.31. The van der Waals surface area contributed by atoms with Crippen LogP contribution in [0.4, 0.5) is 0 Å². The molecule has 90 valence electrons. The van der Waals surface area contributed by atoms with E-state index in [1.165, 1.54) is 11.3 Å². The number of carbonyl (C=O) groups excluding carboxylic acids is 1. The highest BCUT2D eigenvalue weighted by Gasteiger charge is 2.19. The Kier molecular flexibility index (Phi) is 3.93. The van der Waals surface area contributed by atoms with Gasteiger partial charge in [0.05, 0.1) is 6.04 Å². The molecule has 5 heteroatoms. The number of hydrogen-bond donors (Lipinski definition) is 2. The summed E-state index contributed by atoms with van der Waals surface area (Å²) in [5.41, 5.74) is 5.89. The molecule has 0 aliphatic heterocycles. The molecule has 2 rings (SSSR count). The monoisotopic (exact) mass is 266 g/mol. The lowest BCUT2D eigenvalue weighted by Gasteiger charge is -2.15. The fourth-order valence-electron chi connectivity index (χ4n) is 1.51. The van der Waals surface area contributed by atoms with Crippen molar-refractivity contribution in [1.29, 1.82) is 0 Å². The number of thiophene rings is 2. The minimum Gasteiger partial charge on any atom is -0.347 e. The number of amides is 1. The lowest BCUT2D eigenvalue weighted by molar-refractivity contribution is -0.123. The van der Waals surface area contributed by atoms with Crippen LogP contribution in [0, 0.1) is 0 Å². The molecule has 1 unspecified atom stereocenters. The van der Waals surface area contributed by atoms with Crippen LogP contribution in [0.25, 0.3) is 0 Å². The predicted molar refractivity (Wildman–Crippen MR) is 72.1 cm³/mol. The molecule has 0 saturated heterocycles. The molecule has 1 amide bonds. The summed E-state index contributed by atoms with van der Waals surface area (Å²) >= 11 is 3.13. The topological polar surface area (TPSA) is 55.1 Å². The van der Waals surface area contributed by atoms with Crippen LogP contribution in [0.15, 0.2) is 35.0 Å². The normalized spacial score (nSPS) is 14.2. The van der Waals surface area contributed by atoms with E-state index in [2.05, 4.69) is 5.32 Å². The van der Waals surface area contributed by atoms with Gasteiger partial charge in [-0.05, 0) is 29.8 Å². The van der Waals surface area contributed by atoms with Gasteiger partial charge >= 0.3 is 0 Å². The second kappa shape index (κ2) is 5.44. The van der Waals surface area contributed by atoms with Gasteiger partial charge in [-0.25, -0.2) is 0 Å². The Balaban J connectivity index is 1.98. The van der Waals surface area contributed by atoms with Crippen molar-refractivity contribution in [2.24, 2.45) is 5.73 Å². The van der Waals surface area contributed by atoms with Crippen molar-refractivity contribution in [2.75, 3.05) is 0 Å². The zero-order valence-corrected chi connectivity index (χ0v) is 11.1. The van der Waals surface area contributed by atoms with Crippen molar-refractivity contribution in [1.82, 2.24) is 5.32 Å². The van der Waals surface area contributed by atoms with Gasteiger partial charge in [0.25, 0.3) is 0 Å². The van der Waals surface area contributed by atoms with Gasteiger partial charge in [-0.3, -0.25) is 4.79 Å². The molecule has 2 aromatic rings. The Labute approximate surface area is 108 Å². The highest BCUT2D eigenvalue weighted by atomic mass is 32.1. The van der Waals surface area contributed by atoms with Crippen LogP contribution in [0.3, 0.4) is 0 Å². The zero-order chi connectivity index (χ0) is 12.3. The predicted octanol–water partition coefficient (Wildman–Crippen LogP) is 2.69. The second-order valence-corrected chi connectivity index (χ2v) is 5.70. The van der Waals surface area contributed by atoms with E-state index in [0.717, 1.165) is 9.75 Å². The Morgan fingerprint density at radius 2 is 1.82 bits per heavy atom. The molecular formula is C12H14N2OS2. The van der Waals surface area contributed by atoms with Crippen LogP contribution < -0.4 is 11.1 Å². The van der Waals surface area contributed by atoms with Gasteiger partial charge in [0.1, 0.15) is 6.04 Å². The van der Waals surface area contributed by atoms with Crippen LogP contribution in [-0.2, 0) is 4.79 Å². The number of nitrogens with one attached hydrogen (secondary N) is 1. The molecular weight excluding hydrogens is 252 g/mol. The van der Waals surface area contributed by atoms with Gasteiger partial charge in [0, 0.05) is 9.75 Å². The standard InChI is InChI=1S/C12H14N2OS2/c1-8(9-4-2-6-16-9)14-12(15)11(13)10-5-3-7-17-10/h2-8,11H,13H2,1H3,(H,14,15)/t8-,11?/m1/s1. The summed E-state index contributed by atoms with van der Waals surface area (Å²) in [6, 6.07) is 7.19. The van der Waals surface area contributed by atoms with Gasteiger partial charge < -0.3 is 11.1 Å². The summed E-state index contributed by atoms with van der Waals surface area (Å²) in [6.07, 6.45) is 0. The zero-order valence-electron chi connectivity index (χ0n) is 9.42. The summed E-state index contributed by atoms with van der Waals surface area (Å²) in [7, 11) is 0. The van der Waals surface area contributed by atoms with Crippen LogP contribution in [0.5, 0.6) is 0 Å². The quantitative estimate of drug-likeness (QED) is 0.894. The van der Waals surface area contributed by atoms with E-state index in [9.17, 15) is 4.79 Å². The SMILES string of the molecule is C[C@@H](NC(=O)C(N)c1cccs1)c1cccs1. The van der Waals surface area contributed by atoms with E-state index in [4.69, 9.17) is 5.73 Å². The Hall–Kier alpha value is -1.17. The lowest BCUT2D eigenvalue weighted by atomic mass is 10.2. The molecule has 0 bridgehead atoms. The number of hydrogen-bond acceptors (Lipinski definition) is 4. The van der Waals surface area contributed by atoms with Gasteiger partial charge in [-0.1, -0.05) is 12.1 Å². The minimum atomic E-state index is -0.572. The number of nitrogens with two attached hydrogens (primary N) is 1. The summed E-state index contributed by atoms with van der Waals surface area (Å²) in [4.78, 5) is 13.9. The van der Waals surface area contributed by atoms with Gasteiger partial charge in [0.2, 0.25) is 5.91 Å². The van der Waals surface area contributed by atoms with Crippen molar-refractivity contribution in [3.05, 3.63) is 44.8 Å². The van der Waals surface area contributed by atoms with Crippen LogP contribution in [-0.4, -0.2) is 5.91 Å². The van der Waals surface area contributed by atoms with E-state index in [-0.39, 0.29) is 11.9 Å². The van der Waals surface area contributed by atoms with Gasteiger partial charge in [0.15, 0.2) is 0 Å². The molecule has 0 radical (unpaired) electrons. The molecule has 0 aromatic carbocycles. The van der Waals surface area contributed by atoms with E-state index >= 15 is 0 Å². The smallest absolute Gasteiger partial charge is 0.242 e. The van der Waals surface area contributed by atoms with Crippen molar-refractivity contribution in [3.63, 3.8) is 0 Å². The Morgan fingerprint density at radius 3 is 2.35 bits per heavy atom. The highest BCUT2D eigenvalue weighted by molar-refractivity contribution is 7.10. The largest absolute Gasteiger partial charge is 0.347 e. The summed E-state index contributed by atoms with van der Waals surface area (Å²) in [5.74, 6) is -0.131. The number of rotatable bonds is 4. The molecule has 0 fully saturated rings. The van der Waals surface area contributed by atoms with Crippen LogP contribution in [0.1, 0.15) is 28.8 Å². The van der Waals surface area contributed by atoms with Crippen molar-refractivity contribution in [2.45, 2.75) is 19.0 Å². The molecule has 0 aliphatic rings. The van der Waals surface area contributed by atoms with E-state index in [0.29, 0.717) is 0 Å². The summed E-state index contributed by atoms with van der Waals surface area (Å²) < 4.78 is 0. The van der Waals surface area contributed by atoms with Crippen LogP contribution in [0.2, 0.25) is 0 Å². The van der Waals surface area contributed by atoms with Crippen molar-refractivity contribution < 1.29 is 4.79 Å². The fourth-order valence-corrected chi connectivity index (χ4v) is 2.97. The molecule has 0 spiro atoms. The second-order valence-electron chi connectivity index (χ2n) is 3.74. The van der Waals surface area contributed by atoms with E-state index in [1.807, 2.05) is 41.9 Å². The third-order valence-corrected chi connectivity index (χ3v) is 4.47. The molecule has 2 atom stereocenters. The molecule has 2 aromatic heterocycles. The molecule has 17 heavy (non-hydrogen) atoms.